The van der Waals surface area contributed by atoms with Crippen molar-refractivity contribution < 1.29 is 12.9 Å². The van der Waals surface area contributed by atoms with Gasteiger partial charge in [0, 0.05) is 43.3 Å². The third-order valence-electron chi connectivity index (χ3n) is 4.98. The molecule has 166 valence electrons. The Morgan fingerprint density at radius 1 is 1.29 bits per heavy atom. The lowest BCUT2D eigenvalue weighted by atomic mass is 10.1. The Morgan fingerprint density at radius 2 is 2.13 bits per heavy atom. The summed E-state index contributed by atoms with van der Waals surface area (Å²) in [5.41, 5.74) is 4.41. The summed E-state index contributed by atoms with van der Waals surface area (Å²) in [4.78, 5) is 7.05. The highest BCUT2D eigenvalue weighted by atomic mass is 32.2. The maximum absolute atomic E-state index is 12.6. The second kappa shape index (κ2) is 10.5. The van der Waals surface area contributed by atoms with Crippen LogP contribution in [0.25, 0.3) is 10.9 Å². The highest BCUT2D eigenvalue weighted by molar-refractivity contribution is 7.95. The van der Waals surface area contributed by atoms with Gasteiger partial charge in [0.2, 0.25) is 0 Å². The van der Waals surface area contributed by atoms with E-state index in [1.165, 1.54) is 0 Å². The molecule has 0 bridgehead atoms. The van der Waals surface area contributed by atoms with Crippen molar-refractivity contribution in [1.82, 2.24) is 15.8 Å². The van der Waals surface area contributed by atoms with Crippen LogP contribution in [-0.4, -0.2) is 52.0 Å². The van der Waals surface area contributed by atoms with Gasteiger partial charge in [-0.2, -0.15) is 0 Å². The van der Waals surface area contributed by atoms with Crippen LogP contribution in [0.1, 0.15) is 5.56 Å². The number of halogens is 1. The van der Waals surface area contributed by atoms with E-state index < -0.39 is 9.84 Å². The number of sulfone groups is 1. The van der Waals surface area contributed by atoms with Crippen LogP contribution >= 0.6 is 0 Å². The Balaban J connectivity index is 1.91. The van der Waals surface area contributed by atoms with Crippen LogP contribution in [0.5, 0.6) is 0 Å². The molecular formula is C22H28FN5O2S. The summed E-state index contributed by atoms with van der Waals surface area (Å²) in [6.07, 6.45) is 6.48. The molecule has 0 saturated heterocycles. The molecule has 0 fully saturated rings. The molecule has 0 unspecified atom stereocenters. The van der Waals surface area contributed by atoms with E-state index in [2.05, 4.69) is 23.3 Å². The minimum Gasteiger partial charge on any atom is -0.383 e. The quantitative estimate of drug-likeness (QED) is 0.237. The van der Waals surface area contributed by atoms with Crippen molar-refractivity contribution in [3.8, 4) is 0 Å². The zero-order chi connectivity index (χ0) is 22.3. The van der Waals surface area contributed by atoms with Crippen LogP contribution < -0.4 is 21.1 Å². The fraction of sp³-hybridized carbons (Fsp3) is 0.318. The SMILES string of the molecule is C=CC=CC1=CCN(c2cc(NCCNCNF)c3cc(C)ccc3n2)CCS1(=O)=O. The first-order valence-electron chi connectivity index (χ1n) is 10.1. The van der Waals surface area contributed by atoms with Gasteiger partial charge in [0.15, 0.2) is 9.84 Å². The van der Waals surface area contributed by atoms with Crippen LogP contribution in [0.4, 0.5) is 16.0 Å². The summed E-state index contributed by atoms with van der Waals surface area (Å²) in [6.45, 7) is 7.66. The maximum Gasteiger partial charge on any atom is 0.179 e. The predicted octanol–water partition coefficient (Wildman–Crippen LogP) is 2.84. The zero-order valence-corrected chi connectivity index (χ0v) is 18.4. The van der Waals surface area contributed by atoms with Crippen molar-refractivity contribution in [3.63, 3.8) is 0 Å². The van der Waals surface area contributed by atoms with Gasteiger partial charge in [0.25, 0.3) is 0 Å². The first-order valence-corrected chi connectivity index (χ1v) is 11.8. The number of hydrogen-bond acceptors (Lipinski definition) is 7. The van der Waals surface area contributed by atoms with Crippen LogP contribution in [0.3, 0.4) is 0 Å². The van der Waals surface area contributed by atoms with Crippen molar-refractivity contribution in [1.29, 1.82) is 0 Å². The second-order valence-corrected chi connectivity index (χ2v) is 9.36. The summed E-state index contributed by atoms with van der Waals surface area (Å²) < 4.78 is 37.2. The molecule has 0 amide bonds. The molecule has 1 aromatic carbocycles. The van der Waals surface area contributed by atoms with Crippen molar-refractivity contribution >= 4 is 32.2 Å². The van der Waals surface area contributed by atoms with Crippen LogP contribution in [-0.2, 0) is 9.84 Å². The Labute approximate surface area is 182 Å². The van der Waals surface area contributed by atoms with Gasteiger partial charge in [-0.05, 0) is 31.2 Å². The Kier molecular flexibility index (Phi) is 7.78. The number of rotatable bonds is 9. The summed E-state index contributed by atoms with van der Waals surface area (Å²) in [5.74, 6) is 0.717. The monoisotopic (exact) mass is 445 g/mol. The molecule has 3 N–H and O–H groups in total. The number of nitrogens with one attached hydrogen (secondary N) is 3. The lowest BCUT2D eigenvalue weighted by molar-refractivity contribution is 0.318. The molecule has 0 aliphatic carbocycles. The van der Waals surface area contributed by atoms with Crippen LogP contribution in [0.15, 0.2) is 60.1 Å². The number of fused-ring (bicyclic) bond motifs is 1. The minimum atomic E-state index is -3.36. The predicted molar refractivity (Wildman–Crippen MR) is 126 cm³/mol. The lowest BCUT2D eigenvalue weighted by Crippen LogP contribution is -2.29. The molecule has 7 nitrogen and oxygen atoms in total. The largest absolute Gasteiger partial charge is 0.383 e. The number of allylic oxidation sites excluding steroid dienone is 3. The molecule has 1 aliphatic heterocycles. The van der Waals surface area contributed by atoms with E-state index >= 15 is 0 Å². The third kappa shape index (κ3) is 5.90. The summed E-state index contributed by atoms with van der Waals surface area (Å²) in [6, 6.07) is 7.98. The average molecular weight is 446 g/mol. The smallest absolute Gasteiger partial charge is 0.179 e. The van der Waals surface area contributed by atoms with E-state index in [-0.39, 0.29) is 12.4 Å². The zero-order valence-electron chi connectivity index (χ0n) is 17.6. The normalized spacial score (nSPS) is 16.3. The van der Waals surface area contributed by atoms with Gasteiger partial charge in [-0.1, -0.05) is 30.4 Å². The van der Waals surface area contributed by atoms with Crippen LogP contribution in [0, 0.1) is 6.92 Å². The molecule has 9 heteroatoms. The molecule has 0 spiro atoms. The molecular weight excluding hydrogens is 417 g/mol. The molecule has 0 atom stereocenters. The van der Waals surface area contributed by atoms with Crippen molar-refractivity contribution in [3.05, 3.63) is 65.6 Å². The van der Waals surface area contributed by atoms with Crippen molar-refractivity contribution in [2.45, 2.75) is 6.92 Å². The lowest BCUT2D eigenvalue weighted by Gasteiger charge is -2.22. The number of anilines is 2. The van der Waals surface area contributed by atoms with E-state index in [9.17, 15) is 12.9 Å². The fourth-order valence-electron chi connectivity index (χ4n) is 3.36. The first kappa shape index (κ1) is 22.9. The number of pyridine rings is 1. The van der Waals surface area contributed by atoms with E-state index in [1.54, 1.807) is 29.8 Å². The van der Waals surface area contributed by atoms with Gasteiger partial charge in [-0.3, -0.25) is 0 Å². The van der Waals surface area contributed by atoms with Crippen molar-refractivity contribution in [2.75, 3.05) is 48.8 Å². The Morgan fingerprint density at radius 3 is 2.90 bits per heavy atom. The molecule has 1 aliphatic rings. The fourth-order valence-corrected chi connectivity index (χ4v) is 4.68. The van der Waals surface area contributed by atoms with Crippen LogP contribution in [0.2, 0.25) is 0 Å². The molecule has 0 radical (unpaired) electrons. The standard InChI is InChI=1S/C22H28FN5O2S/c1-3-4-5-18-8-11-28(12-13-31(18,29)30)22-15-21(25-10-9-24-16-26-23)19-14-17(2)6-7-20(19)27-22/h3-8,14-15,24,26H,1,9-13,16H2,2H3,(H,25,27). The number of nitrogens with zero attached hydrogens (tertiary/aromatic N) is 2. The van der Waals surface area contributed by atoms with E-state index in [4.69, 9.17) is 4.98 Å². The van der Waals surface area contributed by atoms with Gasteiger partial charge in [-0.25, -0.2) is 13.4 Å². The summed E-state index contributed by atoms with van der Waals surface area (Å²) in [7, 11) is -3.36. The highest BCUT2D eigenvalue weighted by Crippen LogP contribution is 2.29. The Bertz CT molecular complexity index is 1100. The highest BCUT2D eigenvalue weighted by Gasteiger charge is 2.22. The van der Waals surface area contributed by atoms with Gasteiger partial charge >= 0.3 is 0 Å². The number of hydrogen-bond donors (Lipinski definition) is 3. The molecule has 3 rings (SSSR count). The third-order valence-corrected chi connectivity index (χ3v) is 6.72. The van der Waals surface area contributed by atoms with Gasteiger partial charge in [0.05, 0.1) is 22.8 Å². The van der Waals surface area contributed by atoms with E-state index in [1.807, 2.05) is 30.0 Å². The molecule has 2 heterocycles. The first-order chi connectivity index (χ1) is 14.9. The van der Waals surface area contributed by atoms with Crippen molar-refractivity contribution in [2.24, 2.45) is 0 Å². The van der Waals surface area contributed by atoms with E-state index in [0.29, 0.717) is 36.9 Å². The van der Waals surface area contributed by atoms with Gasteiger partial charge < -0.3 is 15.5 Å². The average Bonchev–Trinajstić information content (AvgIpc) is 2.90. The summed E-state index contributed by atoms with van der Waals surface area (Å²) >= 11 is 0. The molecule has 1 aromatic heterocycles. The molecule has 2 aromatic rings. The summed E-state index contributed by atoms with van der Waals surface area (Å²) in [5, 5.41) is 7.29. The Hall–Kier alpha value is -2.75. The van der Waals surface area contributed by atoms with Gasteiger partial charge in [0.1, 0.15) is 5.82 Å². The van der Waals surface area contributed by atoms with E-state index in [0.717, 1.165) is 22.2 Å². The number of aromatic nitrogens is 1. The molecule has 0 saturated carbocycles. The molecule has 31 heavy (non-hydrogen) atoms. The maximum atomic E-state index is 12.6. The minimum absolute atomic E-state index is 0.0108. The second-order valence-electron chi connectivity index (χ2n) is 7.25. The topological polar surface area (TPSA) is 86.4 Å². The number of aryl methyl sites for hydroxylation is 1. The number of benzene rings is 1. The van der Waals surface area contributed by atoms with Gasteiger partial charge in [-0.15, -0.1) is 10.0 Å².